The van der Waals surface area contributed by atoms with Crippen molar-refractivity contribution >= 4 is 32.6 Å². The first-order chi connectivity index (χ1) is 19.3. The summed E-state index contributed by atoms with van der Waals surface area (Å²) in [6.07, 6.45) is 3.76. The number of benzene rings is 4. The molecule has 178 valence electrons. The van der Waals surface area contributed by atoms with E-state index in [9.17, 15) is 10.5 Å². The maximum absolute atomic E-state index is 9.51. The molecule has 4 aromatic carbocycles. The fourth-order valence-electron chi connectivity index (χ4n) is 5.93. The van der Waals surface area contributed by atoms with Crippen LogP contribution in [-0.4, -0.2) is 19.5 Å². The standard InChI is InChI=1S/C33H16N6/c34-16-27-28(17-35)38-33-26-12-11-21(24-8-4-9-25(31(24)26)32(33)37-27)19-5-3-6-20(15-19)39-29-10-2-1-7-22(29)23-13-14-36-18-30(23)39/h1-15,18H. The quantitative estimate of drug-likeness (QED) is 0.253. The molecule has 6 nitrogen and oxygen atoms in total. The Morgan fingerprint density at radius 2 is 1.31 bits per heavy atom. The average Bonchev–Trinajstić information content (AvgIpc) is 3.50. The van der Waals surface area contributed by atoms with Crippen LogP contribution >= 0.6 is 0 Å². The molecule has 0 unspecified atom stereocenters. The van der Waals surface area contributed by atoms with Crippen LogP contribution in [0.1, 0.15) is 11.4 Å². The third-order valence-corrected chi connectivity index (χ3v) is 7.55. The molecular formula is C33H16N6. The highest BCUT2D eigenvalue weighted by atomic mass is 15.0. The van der Waals surface area contributed by atoms with Crippen molar-refractivity contribution in [2.75, 3.05) is 0 Å². The van der Waals surface area contributed by atoms with Crippen LogP contribution in [-0.2, 0) is 0 Å². The van der Waals surface area contributed by atoms with Crippen molar-refractivity contribution in [3.63, 3.8) is 0 Å². The number of nitriles is 2. The molecule has 0 saturated heterocycles. The van der Waals surface area contributed by atoms with Gasteiger partial charge in [0.1, 0.15) is 12.1 Å². The SMILES string of the molecule is N#Cc1nc2c(nc1C#N)-c1ccc(-c3cccc(-n4c5ccccc5c5ccncc54)c3)c3cccc-2c13. The van der Waals surface area contributed by atoms with Gasteiger partial charge in [0, 0.05) is 39.2 Å². The predicted molar refractivity (Wildman–Crippen MR) is 151 cm³/mol. The molecule has 3 aromatic heterocycles. The molecule has 3 heterocycles. The van der Waals surface area contributed by atoms with E-state index >= 15 is 0 Å². The van der Waals surface area contributed by atoms with Crippen LogP contribution in [0.2, 0.25) is 0 Å². The maximum Gasteiger partial charge on any atom is 0.177 e. The van der Waals surface area contributed by atoms with Gasteiger partial charge in [-0.25, -0.2) is 9.97 Å². The molecular weight excluding hydrogens is 480 g/mol. The molecule has 7 aromatic rings. The second kappa shape index (κ2) is 7.82. The van der Waals surface area contributed by atoms with Crippen molar-refractivity contribution in [1.29, 1.82) is 10.5 Å². The Morgan fingerprint density at radius 1 is 0.615 bits per heavy atom. The third kappa shape index (κ3) is 2.86. The molecule has 8 rings (SSSR count). The van der Waals surface area contributed by atoms with Crippen LogP contribution < -0.4 is 0 Å². The third-order valence-electron chi connectivity index (χ3n) is 7.55. The average molecular weight is 497 g/mol. The molecule has 1 aliphatic rings. The van der Waals surface area contributed by atoms with Crippen LogP contribution in [0.5, 0.6) is 0 Å². The summed E-state index contributed by atoms with van der Waals surface area (Å²) >= 11 is 0. The zero-order valence-electron chi connectivity index (χ0n) is 20.4. The van der Waals surface area contributed by atoms with Crippen molar-refractivity contribution in [2.45, 2.75) is 0 Å². The molecule has 0 bridgehead atoms. The number of rotatable bonds is 2. The lowest BCUT2D eigenvalue weighted by Gasteiger charge is -2.12. The summed E-state index contributed by atoms with van der Waals surface area (Å²) < 4.78 is 2.26. The minimum absolute atomic E-state index is 0.0506. The monoisotopic (exact) mass is 496 g/mol. The van der Waals surface area contributed by atoms with Gasteiger partial charge >= 0.3 is 0 Å². The molecule has 0 amide bonds. The van der Waals surface area contributed by atoms with Gasteiger partial charge in [-0.2, -0.15) is 10.5 Å². The Kier molecular flexibility index (Phi) is 4.26. The largest absolute Gasteiger partial charge is 0.308 e. The summed E-state index contributed by atoms with van der Waals surface area (Å²) in [5.41, 5.74) is 8.67. The molecule has 0 atom stereocenters. The Balaban J connectivity index is 1.36. The second-order valence-electron chi connectivity index (χ2n) is 9.53. The van der Waals surface area contributed by atoms with E-state index in [-0.39, 0.29) is 11.4 Å². The van der Waals surface area contributed by atoms with Gasteiger partial charge in [0.05, 0.1) is 28.6 Å². The summed E-state index contributed by atoms with van der Waals surface area (Å²) in [4.78, 5) is 13.5. The first-order valence-electron chi connectivity index (χ1n) is 12.5. The highest BCUT2D eigenvalue weighted by molar-refractivity contribution is 6.17. The molecule has 0 fully saturated rings. The lowest BCUT2D eigenvalue weighted by atomic mass is 9.94. The van der Waals surface area contributed by atoms with Crippen LogP contribution in [0.3, 0.4) is 0 Å². The molecule has 0 spiro atoms. The Hall–Kier alpha value is -5.85. The van der Waals surface area contributed by atoms with E-state index in [2.05, 4.69) is 86.2 Å². The van der Waals surface area contributed by atoms with Crippen LogP contribution in [0.4, 0.5) is 0 Å². The highest BCUT2D eigenvalue weighted by Gasteiger charge is 2.27. The lowest BCUT2D eigenvalue weighted by molar-refractivity contribution is 1.15. The molecule has 6 heteroatoms. The van der Waals surface area contributed by atoms with Crippen molar-refractivity contribution in [1.82, 2.24) is 19.5 Å². The van der Waals surface area contributed by atoms with Gasteiger partial charge in [0.25, 0.3) is 0 Å². The summed E-state index contributed by atoms with van der Waals surface area (Å²) in [6, 6.07) is 33.3. The molecule has 0 aliphatic heterocycles. The van der Waals surface area contributed by atoms with Gasteiger partial charge in [0.2, 0.25) is 0 Å². The summed E-state index contributed by atoms with van der Waals surface area (Å²) in [7, 11) is 0. The fraction of sp³-hybridized carbons (Fsp3) is 0. The molecule has 0 radical (unpaired) electrons. The Labute approximate surface area is 222 Å². The number of nitrogens with zero attached hydrogens (tertiary/aromatic N) is 6. The summed E-state index contributed by atoms with van der Waals surface area (Å²) in [5.74, 6) is 0. The predicted octanol–water partition coefficient (Wildman–Crippen LogP) is 7.18. The van der Waals surface area contributed by atoms with E-state index in [1.165, 1.54) is 10.8 Å². The van der Waals surface area contributed by atoms with Gasteiger partial charge in [-0.1, -0.05) is 60.7 Å². The van der Waals surface area contributed by atoms with E-state index in [0.717, 1.165) is 49.7 Å². The summed E-state index contributed by atoms with van der Waals surface area (Å²) in [5, 5.41) is 23.5. The van der Waals surface area contributed by atoms with Crippen molar-refractivity contribution in [3.8, 4) is 51.5 Å². The topological polar surface area (TPSA) is 91.2 Å². The smallest absolute Gasteiger partial charge is 0.177 e. The van der Waals surface area contributed by atoms with E-state index in [0.29, 0.717) is 11.4 Å². The fourth-order valence-corrected chi connectivity index (χ4v) is 5.93. The number of hydrogen-bond acceptors (Lipinski definition) is 5. The maximum atomic E-state index is 9.51. The number of pyridine rings is 1. The van der Waals surface area contributed by atoms with Crippen LogP contribution in [0, 0.1) is 22.7 Å². The van der Waals surface area contributed by atoms with Gasteiger partial charge in [-0.05, 0) is 40.8 Å². The van der Waals surface area contributed by atoms with E-state index in [1.54, 1.807) is 0 Å². The first-order valence-corrected chi connectivity index (χ1v) is 12.5. The van der Waals surface area contributed by atoms with Crippen molar-refractivity contribution in [3.05, 3.63) is 109 Å². The number of hydrogen-bond donors (Lipinski definition) is 0. The second-order valence-corrected chi connectivity index (χ2v) is 9.53. The zero-order chi connectivity index (χ0) is 26.1. The molecule has 0 N–H and O–H groups in total. The minimum atomic E-state index is 0.0506. The normalized spacial score (nSPS) is 11.5. The molecule has 0 saturated carbocycles. The van der Waals surface area contributed by atoms with Crippen molar-refractivity contribution < 1.29 is 0 Å². The van der Waals surface area contributed by atoms with Crippen LogP contribution in [0.25, 0.3) is 71.9 Å². The van der Waals surface area contributed by atoms with E-state index in [4.69, 9.17) is 0 Å². The van der Waals surface area contributed by atoms with E-state index < -0.39 is 0 Å². The minimum Gasteiger partial charge on any atom is -0.308 e. The number of fused-ring (bicyclic) bond motifs is 6. The van der Waals surface area contributed by atoms with Gasteiger partial charge in [0.15, 0.2) is 11.4 Å². The van der Waals surface area contributed by atoms with Crippen molar-refractivity contribution in [2.24, 2.45) is 0 Å². The summed E-state index contributed by atoms with van der Waals surface area (Å²) in [6.45, 7) is 0. The van der Waals surface area contributed by atoms with E-state index in [1.807, 2.05) is 42.7 Å². The Morgan fingerprint density at radius 3 is 2.13 bits per heavy atom. The number of aromatic nitrogens is 4. The highest BCUT2D eigenvalue weighted by Crippen LogP contribution is 2.48. The number of para-hydroxylation sites is 1. The zero-order valence-corrected chi connectivity index (χ0v) is 20.4. The van der Waals surface area contributed by atoms with Gasteiger partial charge < -0.3 is 4.57 Å². The molecule has 1 aliphatic carbocycles. The van der Waals surface area contributed by atoms with Crippen LogP contribution in [0.15, 0.2) is 97.3 Å². The van der Waals surface area contributed by atoms with Gasteiger partial charge in [-0.15, -0.1) is 0 Å². The lowest BCUT2D eigenvalue weighted by Crippen LogP contribution is -1.97. The molecule has 39 heavy (non-hydrogen) atoms. The van der Waals surface area contributed by atoms with Gasteiger partial charge in [-0.3, -0.25) is 4.98 Å². The Bertz CT molecular complexity index is 2160. The first kappa shape index (κ1) is 21.3.